The molecule has 4 bridgehead atoms. The van der Waals surface area contributed by atoms with E-state index in [2.05, 4.69) is 20.8 Å². The van der Waals surface area contributed by atoms with E-state index >= 15 is 0 Å². The third-order valence-electron chi connectivity index (χ3n) is 10.2. The zero-order chi connectivity index (χ0) is 19.7. The molecule has 0 aromatic carbocycles. The normalized spacial score (nSPS) is 49.9. The maximum atomic E-state index is 13.8. The van der Waals surface area contributed by atoms with Crippen LogP contribution in [0.5, 0.6) is 0 Å². The number of hydrogen-bond donors (Lipinski definition) is 0. The highest BCUT2D eigenvalue weighted by atomic mass is 16.6. The van der Waals surface area contributed by atoms with Crippen molar-refractivity contribution >= 4 is 17.8 Å². The second-order valence-electron chi connectivity index (χ2n) is 11.0. The number of rotatable bonds is 1. The molecule has 6 aliphatic rings. The Balaban J connectivity index is 1.41. The van der Waals surface area contributed by atoms with E-state index < -0.39 is 6.09 Å². The number of allylic oxidation sites excluding steroid dienone is 1. The molecule has 8 atom stereocenters. The van der Waals surface area contributed by atoms with Gasteiger partial charge in [-0.2, -0.15) is 0 Å². The van der Waals surface area contributed by atoms with Crippen LogP contribution in [0.2, 0.25) is 0 Å². The summed E-state index contributed by atoms with van der Waals surface area (Å²) in [7, 11) is 0. The Labute approximate surface area is 165 Å². The fourth-order valence-corrected chi connectivity index (χ4v) is 8.47. The lowest BCUT2D eigenvalue weighted by molar-refractivity contribution is -0.128. The molecule has 1 heterocycles. The molecule has 2 amide bonds. The second kappa shape index (κ2) is 4.91. The van der Waals surface area contributed by atoms with E-state index in [0.29, 0.717) is 28.9 Å². The van der Waals surface area contributed by atoms with Crippen LogP contribution in [0, 0.1) is 40.4 Å². The molecule has 5 heteroatoms. The number of carbonyl (C=O) groups is 3. The molecule has 1 aliphatic heterocycles. The SMILES string of the molecule is CC1=C(C(=O)N2C(=O)O[C@@H]3[C@H]2[C@@]2(C)CC[C@@H]3C2(C)C)[C@H]2[C@@H]3CC[C@@H](C3)[C@H]2C1=O. The average Bonchev–Trinajstić information content (AvgIpc) is 3.41. The van der Waals surface area contributed by atoms with Crippen molar-refractivity contribution in [2.24, 2.45) is 40.4 Å². The molecule has 4 saturated carbocycles. The number of fused-ring (bicyclic) bond motifs is 10. The average molecular weight is 383 g/mol. The summed E-state index contributed by atoms with van der Waals surface area (Å²) in [6.45, 7) is 8.55. The van der Waals surface area contributed by atoms with Gasteiger partial charge in [-0.15, -0.1) is 0 Å². The molecular weight excluding hydrogens is 354 g/mol. The molecule has 0 radical (unpaired) electrons. The Kier molecular flexibility index (Phi) is 3.02. The van der Waals surface area contributed by atoms with Gasteiger partial charge in [-0.05, 0) is 61.7 Å². The first-order valence-electron chi connectivity index (χ1n) is 11.0. The van der Waals surface area contributed by atoms with Gasteiger partial charge in [-0.1, -0.05) is 20.8 Å². The van der Waals surface area contributed by atoms with Crippen LogP contribution in [-0.2, 0) is 14.3 Å². The monoisotopic (exact) mass is 383 g/mol. The maximum absolute atomic E-state index is 13.8. The fraction of sp³-hybridized carbons (Fsp3) is 0.783. The van der Waals surface area contributed by atoms with Crippen molar-refractivity contribution in [3.05, 3.63) is 11.1 Å². The summed E-state index contributed by atoms with van der Waals surface area (Å²) >= 11 is 0. The molecule has 0 aromatic heterocycles. The van der Waals surface area contributed by atoms with Crippen LogP contribution in [0.15, 0.2) is 11.1 Å². The molecule has 0 unspecified atom stereocenters. The standard InChI is InChI=1S/C23H29NO4/c1-10-14(15-11-5-6-12(9-11)16(15)17(10)25)20(26)24-19-18(28-21(24)27)13-7-8-23(19,4)22(13,2)3/h11-13,15-16,18-19H,5-9H2,1-4H3/t11-,12+,13+,15-,16-,18+,19+,23-/m1/s1. The number of hydrogen-bond acceptors (Lipinski definition) is 4. The second-order valence-corrected chi connectivity index (χ2v) is 11.0. The molecular formula is C23H29NO4. The molecule has 5 aliphatic carbocycles. The number of Topliss-reactive ketones (excluding diaryl/α,β-unsaturated/α-hetero) is 1. The van der Waals surface area contributed by atoms with Gasteiger partial charge in [0, 0.05) is 28.9 Å². The molecule has 0 N–H and O–H groups in total. The third-order valence-corrected chi connectivity index (χ3v) is 10.2. The highest BCUT2D eigenvalue weighted by molar-refractivity contribution is 6.14. The maximum Gasteiger partial charge on any atom is 0.417 e. The quantitative estimate of drug-likeness (QED) is 0.692. The summed E-state index contributed by atoms with van der Waals surface area (Å²) in [5, 5.41) is 0. The third kappa shape index (κ3) is 1.63. The van der Waals surface area contributed by atoms with Gasteiger partial charge >= 0.3 is 6.09 Å². The predicted octanol–water partition coefficient (Wildman–Crippen LogP) is 3.72. The minimum Gasteiger partial charge on any atom is -0.443 e. The lowest BCUT2D eigenvalue weighted by Crippen LogP contribution is -2.51. The van der Waals surface area contributed by atoms with E-state index in [9.17, 15) is 14.4 Å². The summed E-state index contributed by atoms with van der Waals surface area (Å²) in [5.41, 5.74) is 1.16. The van der Waals surface area contributed by atoms with Gasteiger partial charge in [0.1, 0.15) is 6.10 Å². The van der Waals surface area contributed by atoms with E-state index in [4.69, 9.17) is 4.74 Å². The molecule has 1 saturated heterocycles. The van der Waals surface area contributed by atoms with E-state index in [1.54, 1.807) is 6.92 Å². The van der Waals surface area contributed by atoms with Gasteiger partial charge in [-0.3, -0.25) is 9.59 Å². The largest absolute Gasteiger partial charge is 0.443 e. The van der Waals surface area contributed by atoms with Crippen molar-refractivity contribution in [3.8, 4) is 0 Å². The van der Waals surface area contributed by atoms with Crippen LogP contribution in [0.3, 0.4) is 0 Å². The van der Waals surface area contributed by atoms with Crippen LogP contribution in [-0.4, -0.2) is 34.8 Å². The Hall–Kier alpha value is -1.65. The van der Waals surface area contributed by atoms with Gasteiger partial charge in [0.05, 0.1) is 6.04 Å². The number of nitrogens with zero attached hydrogens (tertiary/aromatic N) is 1. The number of ether oxygens (including phenoxy) is 1. The van der Waals surface area contributed by atoms with Crippen molar-refractivity contribution in [1.82, 2.24) is 4.90 Å². The van der Waals surface area contributed by atoms with E-state index in [1.165, 1.54) is 4.90 Å². The molecule has 0 aromatic rings. The summed E-state index contributed by atoms with van der Waals surface area (Å²) in [6, 6.07) is -0.200. The first-order chi connectivity index (χ1) is 13.2. The number of amides is 2. The highest BCUT2D eigenvalue weighted by Gasteiger charge is 2.73. The van der Waals surface area contributed by atoms with Crippen LogP contribution < -0.4 is 0 Å². The molecule has 150 valence electrons. The number of ketones is 1. The lowest BCUT2D eigenvalue weighted by atomic mass is 9.68. The Morgan fingerprint density at radius 1 is 1.07 bits per heavy atom. The van der Waals surface area contributed by atoms with Crippen molar-refractivity contribution in [2.45, 2.75) is 71.9 Å². The summed E-state index contributed by atoms with van der Waals surface area (Å²) in [4.78, 5) is 41.1. The van der Waals surface area contributed by atoms with Crippen LogP contribution in [0.1, 0.15) is 59.8 Å². The predicted molar refractivity (Wildman–Crippen MR) is 101 cm³/mol. The molecule has 28 heavy (non-hydrogen) atoms. The van der Waals surface area contributed by atoms with Crippen LogP contribution in [0.4, 0.5) is 4.79 Å². The number of carbonyl (C=O) groups excluding carboxylic acids is 3. The van der Waals surface area contributed by atoms with E-state index in [1.807, 2.05) is 0 Å². The van der Waals surface area contributed by atoms with Crippen LogP contribution >= 0.6 is 0 Å². The van der Waals surface area contributed by atoms with Gasteiger partial charge < -0.3 is 4.74 Å². The Bertz CT molecular complexity index is 872. The summed E-state index contributed by atoms with van der Waals surface area (Å²) in [5.74, 6) is 1.11. The van der Waals surface area contributed by atoms with E-state index in [0.717, 1.165) is 32.1 Å². The lowest BCUT2D eigenvalue weighted by Gasteiger charge is -2.41. The topological polar surface area (TPSA) is 63.7 Å². The van der Waals surface area contributed by atoms with Crippen LogP contribution in [0.25, 0.3) is 0 Å². The summed E-state index contributed by atoms with van der Waals surface area (Å²) in [6.07, 6.45) is 4.65. The zero-order valence-corrected chi connectivity index (χ0v) is 17.2. The Morgan fingerprint density at radius 3 is 2.46 bits per heavy atom. The molecule has 5 nitrogen and oxygen atoms in total. The molecule has 0 spiro atoms. The van der Waals surface area contributed by atoms with E-state index in [-0.39, 0.29) is 46.5 Å². The smallest absolute Gasteiger partial charge is 0.417 e. The zero-order valence-electron chi connectivity index (χ0n) is 17.2. The first kappa shape index (κ1) is 17.2. The van der Waals surface area contributed by atoms with Gasteiger partial charge in [0.25, 0.3) is 5.91 Å². The molecule has 5 fully saturated rings. The fourth-order valence-electron chi connectivity index (χ4n) is 8.47. The highest BCUT2D eigenvalue weighted by Crippen LogP contribution is 2.69. The van der Waals surface area contributed by atoms with Crippen molar-refractivity contribution in [1.29, 1.82) is 0 Å². The molecule has 6 rings (SSSR count). The van der Waals surface area contributed by atoms with Crippen molar-refractivity contribution < 1.29 is 19.1 Å². The summed E-state index contributed by atoms with van der Waals surface area (Å²) < 4.78 is 5.81. The number of imide groups is 1. The van der Waals surface area contributed by atoms with Crippen molar-refractivity contribution in [3.63, 3.8) is 0 Å². The van der Waals surface area contributed by atoms with Gasteiger partial charge in [0.15, 0.2) is 5.78 Å². The van der Waals surface area contributed by atoms with Gasteiger partial charge in [-0.25, -0.2) is 9.69 Å². The first-order valence-corrected chi connectivity index (χ1v) is 11.0. The van der Waals surface area contributed by atoms with Gasteiger partial charge in [0.2, 0.25) is 0 Å². The van der Waals surface area contributed by atoms with Crippen molar-refractivity contribution in [2.75, 3.05) is 0 Å². The minimum absolute atomic E-state index is 0.0147. The Morgan fingerprint density at radius 2 is 1.75 bits per heavy atom. The minimum atomic E-state index is -0.493.